The van der Waals surface area contributed by atoms with E-state index in [0.717, 1.165) is 0 Å². The van der Waals surface area contributed by atoms with Crippen molar-refractivity contribution in [3.05, 3.63) is 96.1 Å². The minimum Gasteiger partial charge on any atom is -0.494 e. The van der Waals surface area contributed by atoms with Gasteiger partial charge in [-0.1, -0.05) is 24.3 Å². The van der Waals surface area contributed by atoms with Gasteiger partial charge < -0.3 is 20.1 Å². The third-order valence-electron chi connectivity index (χ3n) is 4.95. The molecule has 0 aliphatic rings. The molecule has 0 aliphatic heterocycles. The van der Waals surface area contributed by atoms with E-state index >= 15 is 0 Å². The van der Waals surface area contributed by atoms with Crippen molar-refractivity contribution >= 4 is 23.2 Å². The number of hydrogen-bond acceptors (Lipinski definition) is 5. The lowest BCUT2D eigenvalue weighted by atomic mass is 10.2. The van der Waals surface area contributed by atoms with Gasteiger partial charge in [0.05, 0.1) is 31.3 Å². The summed E-state index contributed by atoms with van der Waals surface area (Å²) in [4.78, 5) is 25.4. The van der Waals surface area contributed by atoms with Crippen LogP contribution < -0.4 is 20.1 Å². The lowest BCUT2D eigenvalue weighted by Gasteiger charge is -2.16. The molecule has 172 valence electrons. The van der Waals surface area contributed by atoms with Crippen molar-refractivity contribution in [2.24, 2.45) is 0 Å². The van der Waals surface area contributed by atoms with Crippen molar-refractivity contribution in [3.8, 4) is 17.2 Å². The van der Waals surface area contributed by atoms with Crippen LogP contribution in [0, 0.1) is 5.82 Å². The molecular formula is C25H21FN4O4. The summed E-state index contributed by atoms with van der Waals surface area (Å²) in [5, 5.41) is 9.74. The lowest BCUT2D eigenvalue weighted by molar-refractivity contribution is 0.101. The van der Waals surface area contributed by atoms with Gasteiger partial charge in [0.15, 0.2) is 5.69 Å². The Morgan fingerprint density at radius 3 is 2.09 bits per heavy atom. The maximum Gasteiger partial charge on any atom is 0.276 e. The molecule has 2 N–H and O–H groups in total. The molecule has 8 nitrogen and oxygen atoms in total. The maximum absolute atomic E-state index is 13.5. The summed E-state index contributed by atoms with van der Waals surface area (Å²) < 4.78 is 25.7. The van der Waals surface area contributed by atoms with Crippen molar-refractivity contribution in [2.75, 3.05) is 24.9 Å². The Bertz CT molecular complexity index is 1340. The predicted octanol–water partition coefficient (Wildman–Crippen LogP) is 4.53. The highest BCUT2D eigenvalue weighted by molar-refractivity contribution is 6.07. The van der Waals surface area contributed by atoms with Crippen LogP contribution in [0.25, 0.3) is 5.69 Å². The first-order chi connectivity index (χ1) is 16.5. The van der Waals surface area contributed by atoms with Gasteiger partial charge in [0.2, 0.25) is 0 Å². The van der Waals surface area contributed by atoms with Gasteiger partial charge in [0, 0.05) is 23.9 Å². The fourth-order valence-electron chi connectivity index (χ4n) is 3.27. The lowest BCUT2D eigenvalue weighted by Crippen LogP contribution is -2.15. The number of nitrogens with zero attached hydrogens (tertiary/aromatic N) is 2. The van der Waals surface area contributed by atoms with E-state index in [9.17, 15) is 14.0 Å². The summed E-state index contributed by atoms with van der Waals surface area (Å²) in [6, 6.07) is 19.2. The molecule has 1 aromatic heterocycles. The highest BCUT2D eigenvalue weighted by Gasteiger charge is 2.18. The molecular weight excluding hydrogens is 439 g/mol. The van der Waals surface area contributed by atoms with Crippen molar-refractivity contribution in [3.63, 3.8) is 0 Å². The summed E-state index contributed by atoms with van der Waals surface area (Å²) >= 11 is 0. The quantitative estimate of drug-likeness (QED) is 0.423. The van der Waals surface area contributed by atoms with E-state index in [-0.39, 0.29) is 11.6 Å². The number of aromatic nitrogens is 2. The highest BCUT2D eigenvalue weighted by atomic mass is 19.1. The normalized spacial score (nSPS) is 10.4. The van der Waals surface area contributed by atoms with E-state index in [1.807, 2.05) is 6.07 Å². The number of benzene rings is 3. The van der Waals surface area contributed by atoms with Crippen molar-refractivity contribution in [2.45, 2.75) is 0 Å². The number of amides is 2. The average Bonchev–Trinajstić information content (AvgIpc) is 3.36. The summed E-state index contributed by atoms with van der Waals surface area (Å²) in [5.74, 6) is -0.597. The number of methoxy groups -OCH3 is 2. The Labute approximate surface area is 194 Å². The molecule has 3 aromatic carbocycles. The van der Waals surface area contributed by atoms with Crippen molar-refractivity contribution in [1.29, 1.82) is 0 Å². The van der Waals surface area contributed by atoms with Gasteiger partial charge in [-0.2, -0.15) is 5.10 Å². The smallest absolute Gasteiger partial charge is 0.276 e. The SMILES string of the molecule is COc1cc(NC(=O)c2ccn(-c3cccc(F)c3)n2)c(OC)cc1NC(=O)c1ccccc1. The van der Waals surface area contributed by atoms with E-state index in [2.05, 4.69) is 15.7 Å². The molecule has 4 rings (SSSR count). The zero-order chi connectivity index (χ0) is 24.1. The van der Waals surface area contributed by atoms with E-state index in [4.69, 9.17) is 9.47 Å². The number of carbonyl (C=O) groups is 2. The highest BCUT2D eigenvalue weighted by Crippen LogP contribution is 2.37. The molecule has 1 heterocycles. The molecule has 0 atom stereocenters. The number of carbonyl (C=O) groups excluding carboxylic acids is 2. The van der Waals surface area contributed by atoms with Gasteiger partial charge >= 0.3 is 0 Å². The number of rotatable bonds is 7. The maximum atomic E-state index is 13.5. The topological polar surface area (TPSA) is 94.5 Å². The number of halogens is 1. The number of ether oxygens (including phenoxy) is 2. The van der Waals surface area contributed by atoms with Gasteiger partial charge in [-0.05, 0) is 36.4 Å². The van der Waals surface area contributed by atoms with Gasteiger partial charge in [0.1, 0.15) is 17.3 Å². The van der Waals surface area contributed by atoms with E-state index in [1.165, 1.54) is 37.1 Å². The minimum absolute atomic E-state index is 0.117. The predicted molar refractivity (Wildman–Crippen MR) is 125 cm³/mol. The Balaban J connectivity index is 1.56. The first-order valence-electron chi connectivity index (χ1n) is 10.2. The third kappa shape index (κ3) is 4.88. The number of anilines is 2. The van der Waals surface area contributed by atoms with Crippen molar-refractivity contribution in [1.82, 2.24) is 9.78 Å². The van der Waals surface area contributed by atoms with Crippen LogP contribution >= 0.6 is 0 Å². The molecule has 0 bridgehead atoms. The molecule has 0 fully saturated rings. The first kappa shape index (κ1) is 22.5. The van der Waals surface area contributed by atoms with Crippen LogP contribution in [0.1, 0.15) is 20.8 Å². The van der Waals surface area contributed by atoms with Crippen LogP contribution in [0.2, 0.25) is 0 Å². The fourth-order valence-corrected chi connectivity index (χ4v) is 3.27. The molecule has 0 saturated carbocycles. The van der Waals surface area contributed by atoms with E-state index in [0.29, 0.717) is 34.1 Å². The largest absolute Gasteiger partial charge is 0.494 e. The second kappa shape index (κ2) is 9.86. The first-order valence-corrected chi connectivity index (χ1v) is 10.2. The summed E-state index contributed by atoms with van der Waals surface area (Å²) in [6.07, 6.45) is 1.56. The van der Waals surface area contributed by atoms with Crippen LogP contribution in [-0.4, -0.2) is 35.8 Å². The standard InChI is InChI=1S/C25H21FN4O4/c1-33-22-15-21(23(34-2)14-20(22)27-24(31)16-7-4-3-5-8-16)28-25(32)19-11-12-30(29-19)18-10-6-9-17(26)13-18/h3-15H,1-2H3,(H,27,31)(H,28,32). The molecule has 0 radical (unpaired) electrons. The second-order valence-electron chi connectivity index (χ2n) is 7.15. The fraction of sp³-hybridized carbons (Fsp3) is 0.0800. The van der Waals surface area contributed by atoms with Crippen LogP contribution in [0.3, 0.4) is 0 Å². The van der Waals surface area contributed by atoms with Gasteiger partial charge in [-0.25, -0.2) is 9.07 Å². The summed E-state index contributed by atoms with van der Waals surface area (Å²) in [6.45, 7) is 0. The summed E-state index contributed by atoms with van der Waals surface area (Å²) in [7, 11) is 2.89. The summed E-state index contributed by atoms with van der Waals surface area (Å²) in [5.41, 5.74) is 1.78. The monoisotopic (exact) mass is 460 g/mol. The Morgan fingerprint density at radius 2 is 1.47 bits per heavy atom. The zero-order valence-corrected chi connectivity index (χ0v) is 18.4. The van der Waals surface area contributed by atoms with Crippen LogP contribution in [0.15, 0.2) is 79.0 Å². The molecule has 0 spiro atoms. The van der Waals surface area contributed by atoms with E-state index in [1.54, 1.807) is 54.7 Å². The Morgan fingerprint density at radius 1 is 0.824 bits per heavy atom. The molecule has 34 heavy (non-hydrogen) atoms. The van der Waals surface area contributed by atoms with Crippen LogP contribution in [-0.2, 0) is 0 Å². The average molecular weight is 460 g/mol. The Hall–Kier alpha value is -4.66. The number of nitrogens with one attached hydrogen (secondary N) is 2. The molecule has 9 heteroatoms. The second-order valence-corrected chi connectivity index (χ2v) is 7.15. The zero-order valence-electron chi connectivity index (χ0n) is 18.4. The number of hydrogen-bond donors (Lipinski definition) is 2. The van der Waals surface area contributed by atoms with Crippen LogP contribution in [0.4, 0.5) is 15.8 Å². The molecule has 0 aliphatic carbocycles. The molecule has 0 unspecified atom stereocenters. The molecule has 4 aromatic rings. The molecule has 0 saturated heterocycles. The minimum atomic E-state index is -0.503. The van der Waals surface area contributed by atoms with Crippen molar-refractivity contribution < 1.29 is 23.5 Å². The van der Waals surface area contributed by atoms with Gasteiger partial charge in [0.25, 0.3) is 11.8 Å². The van der Waals surface area contributed by atoms with Gasteiger partial charge in [-0.15, -0.1) is 0 Å². The van der Waals surface area contributed by atoms with Gasteiger partial charge in [-0.3, -0.25) is 9.59 Å². The van der Waals surface area contributed by atoms with Crippen LogP contribution in [0.5, 0.6) is 11.5 Å². The molecule has 2 amide bonds. The third-order valence-corrected chi connectivity index (χ3v) is 4.95. The Kier molecular flexibility index (Phi) is 6.54. The van der Waals surface area contributed by atoms with E-state index < -0.39 is 11.7 Å².